The van der Waals surface area contributed by atoms with E-state index in [1.54, 1.807) is 24.3 Å². The van der Waals surface area contributed by atoms with Crippen molar-refractivity contribution in [1.82, 2.24) is 9.97 Å². The summed E-state index contributed by atoms with van der Waals surface area (Å²) in [5.74, 6) is -5.00. The molecule has 0 saturated heterocycles. The van der Waals surface area contributed by atoms with Gasteiger partial charge in [0.25, 0.3) is 0 Å². The number of fused-ring (bicyclic) bond motifs is 3. The van der Waals surface area contributed by atoms with Gasteiger partial charge in [0.05, 0.1) is 11.0 Å². The number of rotatable bonds is 1. The first kappa shape index (κ1) is 13.7. The maximum atomic E-state index is 13.4. The van der Waals surface area contributed by atoms with E-state index < -0.39 is 17.8 Å². The number of hydrogen-bond donors (Lipinski definition) is 0. The van der Waals surface area contributed by atoms with E-state index in [0.29, 0.717) is 16.8 Å². The molecule has 0 aliphatic carbocycles. The second-order valence-electron chi connectivity index (χ2n) is 4.48. The highest BCUT2D eigenvalue weighted by Gasteiger charge is 2.59. The zero-order valence-electron chi connectivity index (χ0n) is 10.3. The van der Waals surface area contributed by atoms with Crippen molar-refractivity contribution in [3.05, 3.63) is 48.3 Å². The van der Waals surface area contributed by atoms with Gasteiger partial charge in [-0.3, -0.25) is 4.98 Å². The number of nitrogens with zero attached hydrogens (tertiary/aromatic N) is 2. The van der Waals surface area contributed by atoms with Crippen LogP contribution in [0.1, 0.15) is 5.69 Å². The molecule has 0 radical (unpaired) electrons. The Morgan fingerprint density at radius 3 is 2.05 bits per heavy atom. The van der Waals surface area contributed by atoms with Gasteiger partial charge in [-0.15, -0.1) is 0 Å². The lowest BCUT2D eigenvalue weighted by molar-refractivity contribution is -0.290. The Kier molecular flexibility index (Phi) is 2.82. The first-order valence-electron chi connectivity index (χ1n) is 5.90. The Labute approximate surface area is 115 Å². The molecule has 21 heavy (non-hydrogen) atoms. The quantitative estimate of drug-likeness (QED) is 0.490. The smallest absolute Gasteiger partial charge is 0.254 e. The summed E-state index contributed by atoms with van der Waals surface area (Å²) >= 11 is 0. The molecule has 0 aliphatic heterocycles. The molecule has 0 unspecified atom stereocenters. The van der Waals surface area contributed by atoms with Crippen molar-refractivity contribution in [3.63, 3.8) is 0 Å². The molecule has 1 aromatic carbocycles. The Morgan fingerprint density at radius 2 is 1.38 bits per heavy atom. The van der Waals surface area contributed by atoms with E-state index in [9.17, 15) is 22.0 Å². The van der Waals surface area contributed by atoms with Gasteiger partial charge >= 0.3 is 12.1 Å². The third kappa shape index (κ3) is 2.09. The number of aromatic nitrogens is 2. The first-order chi connectivity index (χ1) is 9.80. The van der Waals surface area contributed by atoms with Crippen LogP contribution in [0, 0.1) is 0 Å². The summed E-state index contributed by atoms with van der Waals surface area (Å²) in [4.78, 5) is 7.52. The maximum absolute atomic E-state index is 13.4. The van der Waals surface area contributed by atoms with Crippen LogP contribution in [-0.2, 0) is 5.92 Å². The highest BCUT2D eigenvalue weighted by atomic mass is 19.4. The average molecular weight is 298 g/mol. The van der Waals surface area contributed by atoms with Crippen molar-refractivity contribution in [2.24, 2.45) is 0 Å². The standard InChI is InChI=1S/C14H7F5N2/c15-13(16,14(17,18)19)10-6-5-9-4-3-8-2-1-7-20-11(8)12(9)21-10/h1-7H. The third-order valence-electron chi connectivity index (χ3n) is 3.11. The minimum absolute atomic E-state index is 0.0227. The molecule has 7 heteroatoms. The molecule has 3 rings (SSSR count). The van der Waals surface area contributed by atoms with Crippen LogP contribution in [0.5, 0.6) is 0 Å². The summed E-state index contributed by atoms with van der Waals surface area (Å²) < 4.78 is 64.0. The molecule has 2 nitrogen and oxygen atoms in total. The van der Waals surface area contributed by atoms with Crippen LogP contribution in [0.25, 0.3) is 21.8 Å². The molecule has 2 aromatic heterocycles. The van der Waals surface area contributed by atoms with Crippen LogP contribution >= 0.6 is 0 Å². The van der Waals surface area contributed by atoms with E-state index in [2.05, 4.69) is 9.97 Å². The number of halogens is 5. The van der Waals surface area contributed by atoms with Crippen LogP contribution in [0.4, 0.5) is 22.0 Å². The van der Waals surface area contributed by atoms with Gasteiger partial charge in [-0.1, -0.05) is 24.3 Å². The van der Waals surface area contributed by atoms with Gasteiger partial charge in [0.15, 0.2) is 0 Å². The lowest BCUT2D eigenvalue weighted by atomic mass is 10.1. The number of benzene rings is 1. The molecule has 0 saturated carbocycles. The predicted molar refractivity (Wildman–Crippen MR) is 67.0 cm³/mol. The van der Waals surface area contributed by atoms with Gasteiger partial charge in [-0.25, -0.2) is 4.98 Å². The SMILES string of the molecule is FC(F)(F)C(F)(F)c1ccc2ccc3cccnc3c2n1. The molecule has 0 aliphatic rings. The Balaban J connectivity index is 2.31. The van der Waals surface area contributed by atoms with Crippen LogP contribution in [0.2, 0.25) is 0 Å². The summed E-state index contributed by atoms with van der Waals surface area (Å²) in [6.45, 7) is 0. The van der Waals surface area contributed by atoms with E-state index in [-0.39, 0.29) is 11.0 Å². The van der Waals surface area contributed by atoms with Crippen molar-refractivity contribution in [3.8, 4) is 0 Å². The van der Waals surface area contributed by atoms with E-state index in [1.165, 1.54) is 12.3 Å². The van der Waals surface area contributed by atoms with Gasteiger partial charge in [0, 0.05) is 17.0 Å². The molecule has 0 fully saturated rings. The summed E-state index contributed by atoms with van der Waals surface area (Å²) in [5.41, 5.74) is -1.02. The van der Waals surface area contributed by atoms with Crippen molar-refractivity contribution < 1.29 is 22.0 Å². The summed E-state index contributed by atoms with van der Waals surface area (Å²) in [6, 6.07) is 8.49. The number of hydrogen-bond acceptors (Lipinski definition) is 2. The van der Waals surface area contributed by atoms with E-state index in [1.807, 2.05) is 0 Å². The average Bonchev–Trinajstić information content (AvgIpc) is 2.45. The van der Waals surface area contributed by atoms with Gasteiger partial charge in [-0.05, 0) is 12.1 Å². The van der Waals surface area contributed by atoms with Crippen LogP contribution in [0.15, 0.2) is 42.6 Å². The minimum atomic E-state index is -5.69. The van der Waals surface area contributed by atoms with Crippen LogP contribution in [0.3, 0.4) is 0 Å². The molecule has 3 aromatic rings. The Morgan fingerprint density at radius 1 is 0.762 bits per heavy atom. The van der Waals surface area contributed by atoms with Crippen LogP contribution in [-0.4, -0.2) is 16.1 Å². The Hall–Kier alpha value is -2.31. The van der Waals surface area contributed by atoms with Crippen molar-refractivity contribution in [2.75, 3.05) is 0 Å². The molecular formula is C14H7F5N2. The molecule has 0 atom stereocenters. The highest BCUT2D eigenvalue weighted by molar-refractivity contribution is 6.02. The monoisotopic (exact) mass is 298 g/mol. The highest BCUT2D eigenvalue weighted by Crippen LogP contribution is 2.43. The lowest BCUT2D eigenvalue weighted by Gasteiger charge is -2.19. The van der Waals surface area contributed by atoms with Crippen LogP contribution < -0.4 is 0 Å². The fraction of sp³-hybridized carbons (Fsp3) is 0.143. The lowest BCUT2D eigenvalue weighted by Crippen LogP contribution is -2.34. The second-order valence-corrected chi connectivity index (χ2v) is 4.48. The predicted octanol–water partition coefficient (Wildman–Crippen LogP) is 4.44. The zero-order valence-corrected chi connectivity index (χ0v) is 10.3. The second kappa shape index (κ2) is 4.34. The molecule has 108 valence electrons. The van der Waals surface area contributed by atoms with E-state index in [0.717, 1.165) is 0 Å². The van der Waals surface area contributed by atoms with Gasteiger partial charge in [0.2, 0.25) is 0 Å². The molecule has 2 heterocycles. The largest absolute Gasteiger partial charge is 0.459 e. The van der Waals surface area contributed by atoms with Crippen molar-refractivity contribution in [2.45, 2.75) is 12.1 Å². The summed E-state index contributed by atoms with van der Waals surface area (Å²) in [6.07, 6.45) is -4.26. The molecule has 0 bridgehead atoms. The summed E-state index contributed by atoms with van der Waals surface area (Å²) in [7, 11) is 0. The van der Waals surface area contributed by atoms with Gasteiger partial charge < -0.3 is 0 Å². The molecule has 0 N–H and O–H groups in total. The number of alkyl halides is 5. The van der Waals surface area contributed by atoms with Crippen molar-refractivity contribution >= 4 is 21.8 Å². The maximum Gasteiger partial charge on any atom is 0.459 e. The molecular weight excluding hydrogens is 291 g/mol. The molecule has 0 spiro atoms. The van der Waals surface area contributed by atoms with Crippen molar-refractivity contribution in [1.29, 1.82) is 0 Å². The van der Waals surface area contributed by atoms with E-state index >= 15 is 0 Å². The summed E-state index contributed by atoms with van der Waals surface area (Å²) in [5, 5.41) is 1.06. The normalized spacial score (nSPS) is 13.0. The topological polar surface area (TPSA) is 25.8 Å². The molecule has 0 amide bonds. The zero-order chi connectivity index (χ0) is 15.3. The Bertz CT molecular complexity index is 826. The van der Waals surface area contributed by atoms with E-state index in [4.69, 9.17) is 0 Å². The van der Waals surface area contributed by atoms with Gasteiger partial charge in [0.1, 0.15) is 5.69 Å². The van der Waals surface area contributed by atoms with Gasteiger partial charge in [-0.2, -0.15) is 22.0 Å². The fourth-order valence-corrected chi connectivity index (χ4v) is 2.04. The first-order valence-corrected chi connectivity index (χ1v) is 5.90. The minimum Gasteiger partial charge on any atom is -0.254 e. The third-order valence-corrected chi connectivity index (χ3v) is 3.11. The fourth-order valence-electron chi connectivity index (χ4n) is 2.04. The number of pyridine rings is 2.